The summed E-state index contributed by atoms with van der Waals surface area (Å²) in [5.74, 6) is 1.32. The molecule has 10 rings (SSSR count). The highest BCUT2D eigenvalue weighted by Gasteiger charge is 2.48. The van der Waals surface area contributed by atoms with E-state index in [2.05, 4.69) is 147 Å². The minimum absolute atomic E-state index is 0.140. The quantitative estimate of drug-likeness (QED) is 0.0948. The molecule has 8 nitrogen and oxygen atoms in total. The number of pyridine rings is 1. The van der Waals surface area contributed by atoms with Crippen molar-refractivity contribution in [3.05, 3.63) is 206 Å². The Labute approximate surface area is 397 Å². The third kappa shape index (κ3) is 8.85. The zero-order valence-corrected chi connectivity index (χ0v) is 38.4. The highest BCUT2D eigenvalue weighted by molar-refractivity contribution is 7.88. The lowest BCUT2D eigenvalue weighted by Gasteiger charge is -2.18. The monoisotopic (exact) mass is 933 g/mol. The van der Waals surface area contributed by atoms with E-state index < -0.39 is 21.4 Å². The molecule has 0 atom stereocenters. The van der Waals surface area contributed by atoms with Crippen molar-refractivity contribution in [1.29, 1.82) is 0 Å². The lowest BCUT2D eigenvalue weighted by atomic mass is 9.86. The molecule has 0 amide bonds. The first-order chi connectivity index (χ1) is 33.3. The van der Waals surface area contributed by atoms with Crippen LogP contribution in [-0.4, -0.2) is 38.0 Å². The van der Waals surface area contributed by atoms with Crippen LogP contribution >= 0.6 is 0 Å². The van der Waals surface area contributed by atoms with E-state index in [9.17, 15) is 21.6 Å². The van der Waals surface area contributed by atoms with Gasteiger partial charge >= 0.3 is 15.6 Å². The summed E-state index contributed by atoms with van der Waals surface area (Å²) in [7, 11) is -1.91. The number of aryl methyl sites for hydroxylation is 3. The molecule has 0 aliphatic rings. The molecule has 0 saturated carbocycles. The van der Waals surface area contributed by atoms with E-state index in [1.807, 2.05) is 59.9 Å². The summed E-state index contributed by atoms with van der Waals surface area (Å²) in [6, 6.07) is 57.4. The van der Waals surface area contributed by atoms with Gasteiger partial charge in [0.25, 0.3) is 0 Å². The van der Waals surface area contributed by atoms with Gasteiger partial charge in [-0.25, -0.2) is 9.97 Å². The molecule has 0 bridgehead atoms. The Kier molecular flexibility index (Phi) is 11.6. The van der Waals surface area contributed by atoms with Crippen LogP contribution in [0.5, 0.6) is 5.75 Å². The summed E-state index contributed by atoms with van der Waals surface area (Å²) >= 11 is 0. The summed E-state index contributed by atoms with van der Waals surface area (Å²) in [5.41, 5.74) is 9.62. The van der Waals surface area contributed by atoms with Gasteiger partial charge in [-0.1, -0.05) is 146 Å². The molecule has 7 aromatic carbocycles. The molecule has 0 unspecified atom stereocenters. The minimum Gasteiger partial charge on any atom is -0.376 e. The first kappa shape index (κ1) is 44.5. The van der Waals surface area contributed by atoms with Gasteiger partial charge in [-0.2, -0.15) is 21.6 Å². The molecule has 0 spiro atoms. The predicted molar refractivity (Wildman–Crippen MR) is 267 cm³/mol. The van der Waals surface area contributed by atoms with Crippen LogP contribution in [0.15, 0.2) is 201 Å². The summed E-state index contributed by atoms with van der Waals surface area (Å²) in [6.07, 6.45) is 8.75. The highest BCUT2D eigenvalue weighted by Crippen LogP contribution is 2.43. The second-order valence-corrected chi connectivity index (χ2v) is 18.2. The van der Waals surface area contributed by atoms with Crippen LogP contribution in [0.25, 0.3) is 101 Å². The lowest BCUT2D eigenvalue weighted by molar-refractivity contribution is -0.0500. The Hall–Kier alpha value is -8.35. The second kappa shape index (κ2) is 18.0. The van der Waals surface area contributed by atoms with Crippen molar-refractivity contribution in [2.24, 2.45) is 14.1 Å². The molecular formula is C57H42F3N5O3S. The maximum Gasteiger partial charge on any atom is 0.534 e. The Morgan fingerprint density at radius 1 is 0.449 bits per heavy atom. The van der Waals surface area contributed by atoms with Crippen molar-refractivity contribution in [1.82, 2.24) is 24.1 Å². The standard InChI is InChI=1S/C57H42F3N5O3S/c1-37-36-63-53(35-54(37)68-69(66,67)57(58,59)60)41-22-16-38(17-23-41)47-10-4-7-13-50(47)44-32-45(51-14-8-5-11-48(51)39-18-24-42(25-19-39)55-61-28-30-64(55)2)34-46(33-44)52-15-9-6-12-49(52)40-20-26-43(27-21-40)56-62-29-31-65(56)3/h4-36H,1-3H3. The fraction of sp³-hybridized carbons (Fsp3) is 0.0702. The van der Waals surface area contributed by atoms with E-state index in [-0.39, 0.29) is 11.3 Å². The first-order valence-corrected chi connectivity index (χ1v) is 23.4. The van der Waals surface area contributed by atoms with E-state index in [1.54, 1.807) is 24.5 Å². The Morgan fingerprint density at radius 3 is 1.12 bits per heavy atom. The van der Waals surface area contributed by atoms with E-state index in [4.69, 9.17) is 0 Å². The van der Waals surface area contributed by atoms with Crippen molar-refractivity contribution < 1.29 is 25.8 Å². The Morgan fingerprint density at radius 2 is 0.783 bits per heavy atom. The molecule has 12 heteroatoms. The second-order valence-electron chi connectivity index (χ2n) is 16.7. The molecule has 3 heterocycles. The van der Waals surface area contributed by atoms with E-state index in [1.165, 1.54) is 19.2 Å². The Balaban J connectivity index is 1.08. The van der Waals surface area contributed by atoms with Gasteiger partial charge in [0.2, 0.25) is 0 Å². The summed E-state index contributed by atoms with van der Waals surface area (Å²) < 4.78 is 71.9. The van der Waals surface area contributed by atoms with Crippen LogP contribution in [-0.2, 0) is 24.2 Å². The SMILES string of the molecule is Cc1cnc(-c2ccc(-c3ccccc3-c3cc(-c4ccccc4-c4ccc(-c5nccn5C)cc4)cc(-c4ccccc4-c4ccc(-c5nccn5C)cc4)c3)cc2)cc1OS(=O)(=O)C(F)(F)F. The third-order valence-corrected chi connectivity index (χ3v) is 13.2. The predicted octanol–water partition coefficient (Wildman–Crippen LogP) is 14.1. The number of hydrogen-bond donors (Lipinski definition) is 0. The summed E-state index contributed by atoms with van der Waals surface area (Å²) in [4.78, 5) is 13.5. The highest BCUT2D eigenvalue weighted by atomic mass is 32.2. The van der Waals surface area contributed by atoms with Crippen LogP contribution in [0.2, 0.25) is 0 Å². The summed E-state index contributed by atoms with van der Waals surface area (Å²) in [5, 5.41) is 0. The fourth-order valence-corrected chi connectivity index (χ4v) is 9.19. The van der Waals surface area contributed by atoms with Crippen LogP contribution in [0.3, 0.4) is 0 Å². The van der Waals surface area contributed by atoms with Gasteiger partial charge in [0, 0.05) is 73.4 Å². The van der Waals surface area contributed by atoms with Gasteiger partial charge in [-0.3, -0.25) is 4.98 Å². The maximum atomic E-state index is 13.2. The third-order valence-electron chi connectivity index (χ3n) is 12.2. The van der Waals surface area contributed by atoms with Gasteiger partial charge < -0.3 is 13.3 Å². The van der Waals surface area contributed by atoms with E-state index in [0.29, 0.717) is 5.56 Å². The largest absolute Gasteiger partial charge is 0.534 e. The maximum absolute atomic E-state index is 13.2. The van der Waals surface area contributed by atoms with Gasteiger partial charge in [-0.15, -0.1) is 0 Å². The molecule has 0 aliphatic carbocycles. The molecule has 10 aromatic rings. The van der Waals surface area contributed by atoms with Crippen LogP contribution in [0.1, 0.15) is 5.56 Å². The van der Waals surface area contributed by atoms with Gasteiger partial charge in [-0.05, 0) is 91.9 Å². The Bertz CT molecular complexity index is 3470. The molecule has 0 fully saturated rings. The van der Waals surface area contributed by atoms with Crippen molar-refractivity contribution in [3.63, 3.8) is 0 Å². The molecule has 340 valence electrons. The zero-order valence-electron chi connectivity index (χ0n) is 37.6. The van der Waals surface area contributed by atoms with Crippen molar-refractivity contribution in [2.45, 2.75) is 12.4 Å². The lowest BCUT2D eigenvalue weighted by Crippen LogP contribution is -2.28. The average Bonchev–Trinajstić information content (AvgIpc) is 4.01. The topological polar surface area (TPSA) is 91.9 Å². The minimum atomic E-state index is -5.88. The molecule has 0 aliphatic heterocycles. The number of benzene rings is 7. The number of alkyl halides is 3. The zero-order chi connectivity index (χ0) is 47.9. The normalized spacial score (nSPS) is 11.7. The first-order valence-electron chi connectivity index (χ1n) is 22.0. The van der Waals surface area contributed by atoms with Gasteiger partial charge in [0.15, 0.2) is 0 Å². The number of imidazole rings is 2. The number of aromatic nitrogens is 5. The molecule has 0 N–H and O–H groups in total. The van der Waals surface area contributed by atoms with Gasteiger partial charge in [0.1, 0.15) is 17.4 Å². The molecular weight excluding hydrogens is 892 g/mol. The number of hydrogen-bond acceptors (Lipinski definition) is 6. The van der Waals surface area contributed by atoms with Crippen molar-refractivity contribution in [2.75, 3.05) is 0 Å². The van der Waals surface area contributed by atoms with Crippen molar-refractivity contribution in [3.8, 4) is 107 Å². The van der Waals surface area contributed by atoms with E-state index >= 15 is 0 Å². The number of rotatable bonds is 11. The fourth-order valence-electron chi connectivity index (χ4n) is 8.68. The molecule has 69 heavy (non-hydrogen) atoms. The molecule has 0 saturated heterocycles. The summed E-state index contributed by atoms with van der Waals surface area (Å²) in [6.45, 7) is 1.43. The van der Waals surface area contributed by atoms with E-state index in [0.717, 1.165) is 89.5 Å². The van der Waals surface area contributed by atoms with Crippen LogP contribution < -0.4 is 4.18 Å². The smallest absolute Gasteiger partial charge is 0.376 e. The van der Waals surface area contributed by atoms with Gasteiger partial charge in [0.05, 0.1) is 5.69 Å². The number of halogens is 3. The van der Waals surface area contributed by atoms with Crippen LogP contribution in [0.4, 0.5) is 13.2 Å². The van der Waals surface area contributed by atoms with Crippen LogP contribution in [0, 0.1) is 6.92 Å². The average molecular weight is 934 g/mol. The van der Waals surface area contributed by atoms with Crippen molar-refractivity contribution >= 4 is 10.1 Å². The molecule has 3 aromatic heterocycles. The molecule has 0 radical (unpaired) electrons. The number of nitrogens with zero attached hydrogens (tertiary/aromatic N) is 5.